The van der Waals surface area contributed by atoms with E-state index in [-0.39, 0.29) is 36.6 Å². The summed E-state index contributed by atoms with van der Waals surface area (Å²) in [5.41, 5.74) is -1.63. The maximum Gasteiger partial charge on any atom is 0.362 e. The van der Waals surface area contributed by atoms with Gasteiger partial charge in [-0.2, -0.15) is 0 Å². The fourth-order valence-corrected chi connectivity index (χ4v) is 8.06. The van der Waals surface area contributed by atoms with Crippen molar-refractivity contribution in [3.8, 4) is 0 Å². The summed E-state index contributed by atoms with van der Waals surface area (Å²) in [5.74, 6) is -0.429. The van der Waals surface area contributed by atoms with E-state index in [4.69, 9.17) is 9.47 Å². The van der Waals surface area contributed by atoms with Gasteiger partial charge in [-0.15, -0.1) is 22.7 Å². The van der Waals surface area contributed by atoms with Crippen LogP contribution in [0.4, 0.5) is 0 Å². The van der Waals surface area contributed by atoms with Crippen molar-refractivity contribution in [2.45, 2.75) is 50.5 Å². The molecule has 1 aliphatic carbocycles. The zero-order valence-corrected chi connectivity index (χ0v) is 22.3. The van der Waals surface area contributed by atoms with Gasteiger partial charge in [0.1, 0.15) is 18.2 Å². The molecule has 35 heavy (non-hydrogen) atoms. The molecule has 2 saturated heterocycles. The monoisotopic (exact) mass is 517 g/mol. The zero-order valence-electron chi connectivity index (χ0n) is 20.6. The normalized spacial score (nSPS) is 28.6. The Balaban J connectivity index is 1.44. The molecule has 3 fully saturated rings. The Bertz CT molecular complexity index is 1030. The molecule has 2 aromatic heterocycles. The van der Waals surface area contributed by atoms with Crippen LogP contribution in [0.15, 0.2) is 35.0 Å². The molecule has 0 N–H and O–H groups in total. The second-order valence-corrected chi connectivity index (χ2v) is 12.2. The number of hydrogen-bond acceptors (Lipinski definition) is 8. The fraction of sp³-hybridized carbons (Fsp3) is 0.577. The van der Waals surface area contributed by atoms with Crippen LogP contribution in [0, 0.1) is 11.8 Å². The first kappa shape index (κ1) is 24.6. The fourth-order valence-electron chi connectivity index (χ4n) is 6.27. The highest BCUT2D eigenvalue weighted by Gasteiger charge is 2.75. The lowest BCUT2D eigenvalue weighted by Gasteiger charge is -2.46. The largest absolute Gasteiger partial charge is 0.458 e. The van der Waals surface area contributed by atoms with Crippen molar-refractivity contribution in [2.75, 3.05) is 33.7 Å². The number of thiophene rings is 2. The second-order valence-electron chi connectivity index (χ2n) is 10.3. The predicted octanol–water partition coefficient (Wildman–Crippen LogP) is 3.29. The highest BCUT2D eigenvalue weighted by atomic mass is 32.1. The zero-order chi connectivity index (χ0) is 25.0. The minimum Gasteiger partial charge on any atom is -0.458 e. The number of ether oxygens (including phenoxy) is 2. The van der Waals surface area contributed by atoms with Crippen LogP contribution in [-0.2, 0) is 29.5 Å². The molecule has 1 saturated carbocycles. The Morgan fingerprint density at radius 2 is 1.57 bits per heavy atom. The number of esters is 2. The van der Waals surface area contributed by atoms with Crippen molar-refractivity contribution in [1.82, 2.24) is 4.90 Å². The first-order valence-corrected chi connectivity index (χ1v) is 14.1. The minimum absolute atomic E-state index is 0.101. The number of quaternary nitrogens is 1. The molecule has 2 aliphatic heterocycles. The topological polar surface area (TPSA) is 72.9 Å². The molecule has 4 atom stereocenters. The number of ketones is 1. The average Bonchev–Trinajstić information content (AvgIpc) is 3.27. The summed E-state index contributed by atoms with van der Waals surface area (Å²) in [4.78, 5) is 42.7. The molecule has 188 valence electrons. The van der Waals surface area contributed by atoms with Crippen molar-refractivity contribution < 1.29 is 28.3 Å². The van der Waals surface area contributed by atoms with Crippen molar-refractivity contribution in [2.24, 2.45) is 11.8 Å². The lowest BCUT2D eigenvalue weighted by Crippen LogP contribution is -2.60. The standard InChI is InChI=1S/C26H33N2O5S2/c1-5-27(6-2)15-21(29)33-26(19-9-7-11-34-19,20-10-8-12-35-20)25(31)32-16-13-17-22-23(24(22)30)18(14-16)28(17,3)4/h7-12,16-18,22-23H,5-6,13-15H2,1-4H3/q+1. The van der Waals surface area contributed by atoms with Crippen LogP contribution < -0.4 is 0 Å². The summed E-state index contributed by atoms with van der Waals surface area (Å²) >= 11 is 2.76. The summed E-state index contributed by atoms with van der Waals surface area (Å²) in [6, 6.07) is 7.71. The first-order valence-electron chi connectivity index (χ1n) is 12.3. The van der Waals surface area contributed by atoms with Gasteiger partial charge in [-0.3, -0.25) is 14.5 Å². The molecule has 0 radical (unpaired) electrons. The van der Waals surface area contributed by atoms with Crippen molar-refractivity contribution in [3.05, 3.63) is 44.8 Å². The summed E-state index contributed by atoms with van der Waals surface area (Å²) in [6.07, 6.45) is 1.01. The van der Waals surface area contributed by atoms with Crippen LogP contribution in [0.5, 0.6) is 0 Å². The molecule has 2 aromatic rings. The molecule has 2 bridgehead atoms. The molecular weight excluding hydrogens is 484 g/mol. The Labute approximate surface area is 214 Å². The minimum atomic E-state index is -1.63. The van der Waals surface area contributed by atoms with E-state index < -0.39 is 17.5 Å². The van der Waals surface area contributed by atoms with Crippen molar-refractivity contribution in [3.63, 3.8) is 0 Å². The number of carbonyl (C=O) groups is 3. The molecule has 5 rings (SSSR count). The Morgan fingerprint density at radius 1 is 1.03 bits per heavy atom. The quantitative estimate of drug-likeness (QED) is 0.376. The van der Waals surface area contributed by atoms with Crippen LogP contribution in [0.1, 0.15) is 36.4 Å². The molecule has 4 heterocycles. The summed E-state index contributed by atoms with van der Waals surface area (Å²) in [7, 11) is 4.37. The van der Waals surface area contributed by atoms with Crippen LogP contribution in [0.3, 0.4) is 0 Å². The van der Waals surface area contributed by atoms with Crippen molar-refractivity contribution in [1.29, 1.82) is 0 Å². The molecule has 3 aliphatic rings. The molecule has 0 amide bonds. The number of fused-ring (bicyclic) bond motifs is 5. The molecular formula is C26H33N2O5S2+. The van der Waals surface area contributed by atoms with E-state index >= 15 is 0 Å². The van der Waals surface area contributed by atoms with Gasteiger partial charge in [0.2, 0.25) is 0 Å². The third-order valence-corrected chi connectivity index (χ3v) is 10.2. The Kier molecular flexibility index (Phi) is 6.40. The average molecular weight is 518 g/mol. The number of piperidine rings is 2. The first-order chi connectivity index (χ1) is 16.7. The third kappa shape index (κ3) is 3.97. The Hall–Kier alpha value is -2.07. The highest BCUT2D eigenvalue weighted by molar-refractivity contribution is 7.12. The van der Waals surface area contributed by atoms with Gasteiger partial charge in [0, 0.05) is 12.8 Å². The summed E-state index contributed by atoms with van der Waals surface area (Å²) < 4.78 is 13.1. The van der Waals surface area contributed by atoms with E-state index in [1.54, 1.807) is 0 Å². The maximum absolute atomic E-state index is 14.1. The molecule has 0 spiro atoms. The summed E-state index contributed by atoms with van der Waals surface area (Å²) in [5, 5.41) is 3.76. The van der Waals surface area contributed by atoms with Crippen LogP contribution in [0.2, 0.25) is 0 Å². The lowest BCUT2D eigenvalue weighted by molar-refractivity contribution is -0.935. The van der Waals surface area contributed by atoms with Gasteiger partial charge in [-0.05, 0) is 36.0 Å². The summed E-state index contributed by atoms with van der Waals surface area (Å²) in [6.45, 7) is 5.50. The van der Waals surface area contributed by atoms with E-state index in [0.29, 0.717) is 41.5 Å². The number of hydrogen-bond donors (Lipinski definition) is 0. The number of Topliss-reactive ketones (excluding diaryl/α,β-unsaturated/α-hetero) is 1. The number of nitrogens with zero attached hydrogens (tertiary/aromatic N) is 2. The van der Waals surface area contributed by atoms with Gasteiger partial charge >= 0.3 is 11.9 Å². The predicted molar refractivity (Wildman–Crippen MR) is 134 cm³/mol. The molecule has 0 aromatic carbocycles. The number of likely N-dealkylation sites (N-methyl/N-ethyl adjacent to an activating group) is 1. The molecule has 9 heteroatoms. The maximum atomic E-state index is 14.1. The van der Waals surface area contributed by atoms with E-state index in [2.05, 4.69) is 14.1 Å². The van der Waals surface area contributed by atoms with E-state index in [1.807, 2.05) is 53.8 Å². The highest BCUT2D eigenvalue weighted by Crippen LogP contribution is 2.58. The molecule has 4 unspecified atom stereocenters. The molecule has 7 nitrogen and oxygen atoms in total. The lowest BCUT2D eigenvalue weighted by atomic mass is 9.92. The SMILES string of the molecule is CCN(CC)CC(=O)OC(C(=O)OC1CC2C3C(=O)C3C(C1)[N+]2(C)C)(c1cccs1)c1cccs1. The van der Waals surface area contributed by atoms with E-state index in [1.165, 1.54) is 22.7 Å². The number of carbonyl (C=O) groups excluding carboxylic acids is 3. The second kappa shape index (κ2) is 9.10. The van der Waals surface area contributed by atoms with Gasteiger partial charge in [0.05, 0.1) is 42.2 Å². The number of rotatable bonds is 9. The van der Waals surface area contributed by atoms with E-state index in [9.17, 15) is 14.4 Å². The third-order valence-electron chi connectivity index (χ3n) is 8.29. The van der Waals surface area contributed by atoms with Gasteiger partial charge in [0.15, 0.2) is 5.78 Å². The van der Waals surface area contributed by atoms with Crippen molar-refractivity contribution >= 4 is 40.4 Å². The van der Waals surface area contributed by atoms with Gasteiger partial charge in [0.25, 0.3) is 5.60 Å². The smallest absolute Gasteiger partial charge is 0.362 e. The van der Waals surface area contributed by atoms with Gasteiger partial charge in [-0.1, -0.05) is 26.0 Å². The van der Waals surface area contributed by atoms with Crippen LogP contribution in [-0.4, -0.2) is 79.0 Å². The van der Waals surface area contributed by atoms with Crippen LogP contribution in [0.25, 0.3) is 0 Å². The van der Waals surface area contributed by atoms with Crippen LogP contribution >= 0.6 is 22.7 Å². The van der Waals surface area contributed by atoms with Gasteiger partial charge in [-0.25, -0.2) is 4.79 Å². The van der Waals surface area contributed by atoms with E-state index in [0.717, 1.165) is 4.48 Å². The van der Waals surface area contributed by atoms with Gasteiger partial charge < -0.3 is 14.0 Å². The Morgan fingerprint density at radius 3 is 2.03 bits per heavy atom.